The van der Waals surface area contributed by atoms with Crippen LogP contribution >= 0.6 is 23.4 Å². The van der Waals surface area contributed by atoms with Crippen LogP contribution in [-0.4, -0.2) is 90.3 Å². The molecule has 2 heterocycles. The lowest BCUT2D eigenvalue weighted by Gasteiger charge is -2.38. The van der Waals surface area contributed by atoms with Crippen molar-refractivity contribution in [3.63, 3.8) is 0 Å². The summed E-state index contributed by atoms with van der Waals surface area (Å²) in [6.07, 6.45) is 0.118. The Balaban J connectivity index is 2.54. The third-order valence-electron chi connectivity index (χ3n) is 7.43. The number of carbonyl (C=O) groups excluding carboxylic acids is 3. The van der Waals surface area contributed by atoms with Gasteiger partial charge in [-0.2, -0.15) is 0 Å². The number of alkyl halides is 1. The zero-order chi connectivity index (χ0) is 29.3. The zero-order valence-corrected chi connectivity index (χ0v) is 26.2. The summed E-state index contributed by atoms with van der Waals surface area (Å²) in [5.41, 5.74) is -3.36. The number of halogens is 1. The van der Waals surface area contributed by atoms with Crippen LogP contribution in [0.4, 0.5) is 4.79 Å². The number of likely N-dealkylation sites (tertiary alicyclic amines) is 1. The molecule has 0 aromatic rings. The van der Waals surface area contributed by atoms with Crippen molar-refractivity contribution in [3.05, 3.63) is 0 Å². The fraction of sp³-hybridized carbons (Fsp3) is 0.875. The summed E-state index contributed by atoms with van der Waals surface area (Å²) >= 11 is 6.81. The standard InChI is InChI=1S/C24H41BClNO9S2/c1-16(28)37-14-24(11-10-12-25-35-22(5,6)23(7,8)36-25)17(38(31,32)15-26)13-27(18(24)19(29)33-9)20(30)34-21(2,3)4/h17-18H,10-15H2,1-9H3/t17-,18-,24+/m1/s1. The molecular weight excluding hydrogens is 557 g/mol. The summed E-state index contributed by atoms with van der Waals surface area (Å²) in [5, 5.41) is -2.19. The zero-order valence-electron chi connectivity index (χ0n) is 23.8. The number of amides is 1. The summed E-state index contributed by atoms with van der Waals surface area (Å²) in [7, 11) is -3.37. The van der Waals surface area contributed by atoms with E-state index < -0.39 is 67.7 Å². The number of hydrogen-bond donors (Lipinski definition) is 0. The second-order valence-corrected chi connectivity index (χ2v) is 15.8. The molecule has 0 aliphatic carbocycles. The number of carbonyl (C=O) groups is 3. The number of ether oxygens (including phenoxy) is 2. The molecule has 2 rings (SSSR count). The average Bonchev–Trinajstić information content (AvgIpc) is 3.21. The molecule has 1 amide bonds. The minimum Gasteiger partial charge on any atom is -0.467 e. The van der Waals surface area contributed by atoms with Crippen molar-refractivity contribution < 1.29 is 41.6 Å². The van der Waals surface area contributed by atoms with E-state index >= 15 is 0 Å². The van der Waals surface area contributed by atoms with Gasteiger partial charge in [0.05, 0.1) is 23.6 Å². The van der Waals surface area contributed by atoms with E-state index in [4.69, 9.17) is 30.4 Å². The number of thioether (sulfide) groups is 1. The van der Waals surface area contributed by atoms with Crippen molar-refractivity contribution in [3.8, 4) is 0 Å². The van der Waals surface area contributed by atoms with Gasteiger partial charge in [-0.25, -0.2) is 18.0 Å². The van der Waals surface area contributed by atoms with Crippen LogP contribution in [0.3, 0.4) is 0 Å². The first kappa shape index (κ1) is 33.2. The fourth-order valence-corrected chi connectivity index (χ4v) is 8.05. The molecule has 3 atom stereocenters. The van der Waals surface area contributed by atoms with E-state index in [1.54, 1.807) is 20.8 Å². The highest BCUT2D eigenvalue weighted by molar-refractivity contribution is 8.13. The van der Waals surface area contributed by atoms with Crippen LogP contribution in [0.5, 0.6) is 0 Å². The van der Waals surface area contributed by atoms with E-state index in [-0.39, 0.29) is 23.8 Å². The minimum absolute atomic E-state index is 0.0362. The van der Waals surface area contributed by atoms with E-state index in [1.165, 1.54) is 14.0 Å². The number of esters is 1. The Kier molecular flexibility index (Phi) is 10.3. The Hall–Kier alpha value is -1.02. The smallest absolute Gasteiger partial charge is 0.457 e. The molecule has 2 aliphatic rings. The lowest BCUT2D eigenvalue weighted by molar-refractivity contribution is -0.149. The topological polar surface area (TPSA) is 126 Å². The van der Waals surface area contributed by atoms with Gasteiger partial charge in [-0.1, -0.05) is 18.2 Å². The van der Waals surface area contributed by atoms with Crippen LogP contribution in [0.25, 0.3) is 0 Å². The quantitative estimate of drug-likeness (QED) is 0.219. The van der Waals surface area contributed by atoms with E-state index in [9.17, 15) is 22.8 Å². The Morgan fingerprint density at radius 1 is 1.13 bits per heavy atom. The number of hydrogen-bond acceptors (Lipinski definition) is 10. The molecule has 2 aliphatic heterocycles. The number of methoxy groups -OCH3 is 1. The molecule has 0 unspecified atom stereocenters. The second kappa shape index (κ2) is 11.8. The summed E-state index contributed by atoms with van der Waals surface area (Å²) in [6, 6.07) is -1.31. The first-order valence-corrected chi connectivity index (χ1v) is 15.8. The fourth-order valence-electron chi connectivity index (χ4n) is 4.93. The van der Waals surface area contributed by atoms with Crippen molar-refractivity contribution in [1.29, 1.82) is 0 Å². The third kappa shape index (κ3) is 7.19. The van der Waals surface area contributed by atoms with Gasteiger partial charge in [0.15, 0.2) is 15.0 Å². The van der Waals surface area contributed by atoms with Crippen LogP contribution in [-0.2, 0) is 38.2 Å². The SMILES string of the molecule is COC(=O)[C@H]1N(C(=O)OC(C)(C)C)C[C@@H](S(=O)(=O)CCl)[C@]1(CCCB1OC(C)(C)C(C)(C)O1)CSC(C)=O. The maximum Gasteiger partial charge on any atom is 0.457 e. The van der Waals surface area contributed by atoms with Crippen LogP contribution in [0.15, 0.2) is 0 Å². The first-order valence-electron chi connectivity index (χ1n) is 12.6. The number of nitrogens with zero attached hydrogens (tertiary/aromatic N) is 1. The van der Waals surface area contributed by atoms with Gasteiger partial charge in [0.25, 0.3) is 0 Å². The lowest BCUT2D eigenvalue weighted by atomic mass is 9.73. The Morgan fingerprint density at radius 2 is 1.68 bits per heavy atom. The van der Waals surface area contributed by atoms with Crippen molar-refractivity contribution in [2.75, 3.05) is 24.6 Å². The van der Waals surface area contributed by atoms with Crippen LogP contribution < -0.4 is 0 Å². The van der Waals surface area contributed by atoms with Gasteiger partial charge in [-0.05, 0) is 61.2 Å². The van der Waals surface area contributed by atoms with Gasteiger partial charge in [-0.15, -0.1) is 11.6 Å². The molecule has 0 radical (unpaired) electrons. The number of rotatable bonds is 9. The van der Waals surface area contributed by atoms with Crippen LogP contribution in [0.1, 0.15) is 68.2 Å². The normalized spacial score (nSPS) is 26.9. The highest BCUT2D eigenvalue weighted by Gasteiger charge is 2.63. The molecule has 0 aromatic heterocycles. The van der Waals surface area contributed by atoms with Gasteiger partial charge in [0.2, 0.25) is 0 Å². The Morgan fingerprint density at radius 3 is 2.13 bits per heavy atom. The minimum atomic E-state index is -4.00. The monoisotopic (exact) mass is 597 g/mol. The summed E-state index contributed by atoms with van der Waals surface area (Å²) in [4.78, 5) is 39.7. The van der Waals surface area contributed by atoms with E-state index in [2.05, 4.69) is 0 Å². The highest BCUT2D eigenvalue weighted by Crippen LogP contribution is 2.49. The number of sulfone groups is 1. The molecule has 14 heteroatoms. The molecule has 0 saturated carbocycles. The van der Waals surface area contributed by atoms with Crippen molar-refractivity contribution >= 4 is 57.5 Å². The molecule has 38 heavy (non-hydrogen) atoms. The van der Waals surface area contributed by atoms with Crippen LogP contribution in [0, 0.1) is 5.41 Å². The van der Waals surface area contributed by atoms with Gasteiger partial charge < -0.3 is 18.8 Å². The van der Waals surface area contributed by atoms with E-state index in [1.807, 2.05) is 27.7 Å². The molecule has 0 aromatic carbocycles. The van der Waals surface area contributed by atoms with Gasteiger partial charge in [0, 0.05) is 24.6 Å². The molecule has 218 valence electrons. The maximum atomic E-state index is 13.4. The van der Waals surface area contributed by atoms with Gasteiger partial charge in [-0.3, -0.25) is 9.69 Å². The summed E-state index contributed by atoms with van der Waals surface area (Å²) < 4.78 is 49.5. The molecule has 0 bridgehead atoms. The average molecular weight is 598 g/mol. The second-order valence-electron chi connectivity index (χ2n) is 11.9. The van der Waals surface area contributed by atoms with Crippen LogP contribution in [0.2, 0.25) is 6.32 Å². The van der Waals surface area contributed by atoms with Gasteiger partial charge >= 0.3 is 19.2 Å². The predicted octanol–water partition coefficient (Wildman–Crippen LogP) is 3.90. The lowest BCUT2D eigenvalue weighted by Crippen LogP contribution is -2.53. The van der Waals surface area contributed by atoms with Crippen molar-refractivity contribution in [2.24, 2.45) is 5.41 Å². The van der Waals surface area contributed by atoms with Crippen molar-refractivity contribution in [2.45, 2.75) is 103 Å². The molecular formula is C24H41BClNO9S2. The van der Waals surface area contributed by atoms with Gasteiger partial charge in [0.1, 0.15) is 16.9 Å². The molecule has 10 nitrogen and oxygen atoms in total. The third-order valence-corrected chi connectivity index (χ3v) is 11.2. The summed E-state index contributed by atoms with van der Waals surface area (Å²) in [6.45, 7) is 13.8. The Labute approximate surface area is 236 Å². The predicted molar refractivity (Wildman–Crippen MR) is 148 cm³/mol. The largest absolute Gasteiger partial charge is 0.467 e. The molecule has 2 fully saturated rings. The maximum absolute atomic E-state index is 13.4. The first-order chi connectivity index (χ1) is 17.2. The van der Waals surface area contributed by atoms with Crippen molar-refractivity contribution in [1.82, 2.24) is 4.90 Å². The molecule has 0 spiro atoms. The summed E-state index contributed by atoms with van der Waals surface area (Å²) in [5.74, 6) is -0.825. The molecule has 2 saturated heterocycles. The highest BCUT2D eigenvalue weighted by atomic mass is 35.5. The molecule has 0 N–H and O–H groups in total. The van der Waals surface area contributed by atoms with E-state index in [0.717, 1.165) is 16.7 Å². The van der Waals surface area contributed by atoms with E-state index in [0.29, 0.717) is 12.7 Å². The Bertz CT molecular complexity index is 999.